The zero-order chi connectivity index (χ0) is 57.0. The third-order valence-corrected chi connectivity index (χ3v) is 19.3. The Hall–Kier alpha value is -11.3. The normalized spacial score (nSPS) is 11.7. The molecular weight excluding hydrogens is 1090 g/mol. The Morgan fingerprint density at radius 1 is 0.349 bits per heavy atom. The van der Waals surface area contributed by atoms with Gasteiger partial charge in [0.1, 0.15) is 6.07 Å². The van der Waals surface area contributed by atoms with E-state index in [-0.39, 0.29) is 0 Å². The minimum Gasteiger partial charge on any atom is -0.317 e. The van der Waals surface area contributed by atoms with E-state index >= 15 is 0 Å². The Bertz CT molecular complexity index is 5380. The summed E-state index contributed by atoms with van der Waals surface area (Å²) in [7, 11) is 0. The van der Waals surface area contributed by atoms with Gasteiger partial charge in [0.2, 0.25) is 5.69 Å². The van der Waals surface area contributed by atoms with Gasteiger partial charge in [-0.25, -0.2) is 14.8 Å². The molecule has 0 amide bonds. The number of rotatable bonds is 8. The summed E-state index contributed by atoms with van der Waals surface area (Å²) in [4.78, 5) is 15.8. The Morgan fingerprint density at radius 3 is 1.10 bits per heavy atom. The SMILES string of the molecule is [C-]#[N+]c1c(-c2cc(-c3ccccc3)nc(-c3ccccc3)c2)c(C#N)c(-n2c3ccccc3c3ccc4c5ccccc5sc4c32)c(-c2cc(-c3ccccc3)nc(-c3ccccc3)c2)c1-n1c2ccccc2c2ccc3c4ccccc4sc3c21. The highest BCUT2D eigenvalue weighted by Crippen LogP contribution is 2.55. The van der Waals surface area contributed by atoms with Gasteiger partial charge in [0.05, 0.1) is 77.8 Å². The first kappa shape index (κ1) is 49.4. The molecule has 0 fully saturated rings. The first-order chi connectivity index (χ1) is 42.6. The molecule has 8 heteroatoms. The van der Waals surface area contributed by atoms with Gasteiger partial charge in [-0.05, 0) is 59.7 Å². The van der Waals surface area contributed by atoms with Crippen LogP contribution in [0.1, 0.15) is 5.56 Å². The van der Waals surface area contributed by atoms with E-state index in [1.807, 2.05) is 72.8 Å². The molecule has 6 nitrogen and oxygen atoms in total. The standard InChI is InChI=1S/C78H44N6S2/c1-80-72-70(51-42-62(47-22-6-2-7-23-47)81-63(43-51)48-24-8-3-9-25-48)61(46-79)73(83-66-34-18-14-30-53(66)57-38-40-59-55-32-16-20-36-68(55)85-77(59)74(57)83)71(52-44-64(49-26-10-4-11-27-49)82-65(45-52)50-28-12-5-13-29-50)76(72)84-67-35-19-15-31-54(67)58-39-41-60-56-33-17-21-37-69(56)86-78(60)75(58)84/h2-45H. The number of pyridine rings is 2. The number of hydrogen-bond donors (Lipinski definition) is 0. The summed E-state index contributed by atoms with van der Waals surface area (Å²) in [5, 5.41) is 21.7. The summed E-state index contributed by atoms with van der Waals surface area (Å²) in [5.41, 5.74) is 15.2. The van der Waals surface area contributed by atoms with Crippen LogP contribution in [0.5, 0.6) is 0 Å². The summed E-state index contributed by atoms with van der Waals surface area (Å²) in [6, 6.07) is 96.1. The lowest BCUT2D eigenvalue weighted by Gasteiger charge is -2.26. The third-order valence-electron chi connectivity index (χ3n) is 17.0. The third kappa shape index (κ3) is 7.55. The van der Waals surface area contributed by atoms with E-state index in [9.17, 15) is 11.8 Å². The van der Waals surface area contributed by atoms with E-state index in [4.69, 9.17) is 14.8 Å². The fourth-order valence-electron chi connectivity index (χ4n) is 13.2. The van der Waals surface area contributed by atoms with E-state index < -0.39 is 0 Å². The highest BCUT2D eigenvalue weighted by atomic mass is 32.1. The number of thiophene rings is 2. The maximum Gasteiger partial charge on any atom is 0.220 e. The lowest BCUT2D eigenvalue weighted by Crippen LogP contribution is -2.09. The number of para-hydroxylation sites is 2. The molecule has 0 aliphatic rings. The zero-order valence-electron chi connectivity index (χ0n) is 45.9. The van der Waals surface area contributed by atoms with E-state index in [1.54, 1.807) is 22.7 Å². The summed E-state index contributed by atoms with van der Waals surface area (Å²) in [6.07, 6.45) is 0. The van der Waals surface area contributed by atoms with E-state index in [2.05, 4.69) is 209 Å². The van der Waals surface area contributed by atoms with Gasteiger partial charge in [0, 0.05) is 85.9 Å². The molecule has 0 atom stereocenters. The molecule has 17 aromatic rings. The Kier molecular flexibility index (Phi) is 11.3. The lowest BCUT2D eigenvalue weighted by molar-refractivity contribution is 1.14. The van der Waals surface area contributed by atoms with Crippen LogP contribution < -0.4 is 0 Å². The van der Waals surface area contributed by atoms with Crippen molar-refractivity contribution in [3.05, 3.63) is 284 Å². The highest BCUT2D eigenvalue weighted by Gasteiger charge is 2.34. The van der Waals surface area contributed by atoms with Gasteiger partial charge >= 0.3 is 0 Å². The Labute approximate surface area is 502 Å². The molecule has 0 N–H and O–H groups in total. The monoisotopic (exact) mass is 1130 g/mol. The maximum absolute atomic E-state index is 12.9. The number of benzene rings is 11. The van der Waals surface area contributed by atoms with Crippen LogP contribution >= 0.6 is 22.7 Å². The fraction of sp³-hybridized carbons (Fsp3) is 0. The van der Waals surface area contributed by atoms with Crippen molar-refractivity contribution in [1.29, 1.82) is 5.26 Å². The van der Waals surface area contributed by atoms with E-state index in [0.29, 0.717) is 33.8 Å². The molecule has 11 aromatic carbocycles. The highest BCUT2D eigenvalue weighted by molar-refractivity contribution is 7.27. The zero-order valence-corrected chi connectivity index (χ0v) is 47.5. The predicted octanol–water partition coefficient (Wildman–Crippen LogP) is 21.8. The van der Waals surface area contributed by atoms with Crippen LogP contribution in [-0.4, -0.2) is 19.1 Å². The largest absolute Gasteiger partial charge is 0.317 e. The topological polar surface area (TPSA) is 63.8 Å². The molecule has 6 aromatic heterocycles. The van der Waals surface area contributed by atoms with Crippen molar-refractivity contribution in [2.75, 3.05) is 0 Å². The van der Waals surface area contributed by atoms with Crippen LogP contribution in [0, 0.1) is 17.9 Å². The van der Waals surface area contributed by atoms with Gasteiger partial charge in [-0.3, -0.25) is 0 Å². The average molecular weight is 1130 g/mol. The van der Waals surface area contributed by atoms with Crippen LogP contribution in [-0.2, 0) is 0 Å². The molecule has 86 heavy (non-hydrogen) atoms. The molecular formula is C78H44N6S2. The second-order valence-electron chi connectivity index (χ2n) is 21.7. The molecule has 0 aliphatic carbocycles. The number of nitrogens with zero attached hydrogens (tertiary/aromatic N) is 6. The molecule has 398 valence electrons. The minimum atomic E-state index is 0.331. The second kappa shape index (κ2) is 19.7. The molecule has 6 heterocycles. The second-order valence-corrected chi connectivity index (χ2v) is 23.8. The fourth-order valence-corrected chi connectivity index (χ4v) is 15.7. The first-order valence-electron chi connectivity index (χ1n) is 28.6. The van der Waals surface area contributed by atoms with Gasteiger partial charge in [-0.1, -0.05) is 218 Å². The smallest absolute Gasteiger partial charge is 0.220 e. The van der Waals surface area contributed by atoms with Crippen LogP contribution in [0.15, 0.2) is 267 Å². The van der Waals surface area contributed by atoms with Crippen molar-refractivity contribution in [1.82, 2.24) is 19.1 Å². The van der Waals surface area contributed by atoms with Crippen LogP contribution in [0.4, 0.5) is 5.69 Å². The van der Waals surface area contributed by atoms with Gasteiger partial charge in [-0.2, -0.15) is 5.26 Å². The lowest BCUT2D eigenvalue weighted by atomic mass is 9.87. The van der Waals surface area contributed by atoms with Crippen molar-refractivity contribution >= 4 is 112 Å². The molecule has 0 radical (unpaired) electrons. The molecule has 0 saturated heterocycles. The number of aromatic nitrogens is 4. The van der Waals surface area contributed by atoms with Gasteiger partial charge in [0.15, 0.2) is 0 Å². The van der Waals surface area contributed by atoms with E-state index in [1.165, 1.54) is 20.2 Å². The molecule has 0 spiro atoms. The van der Waals surface area contributed by atoms with Crippen molar-refractivity contribution in [2.45, 2.75) is 0 Å². The molecule has 0 saturated carbocycles. The first-order valence-corrected chi connectivity index (χ1v) is 30.2. The van der Waals surface area contributed by atoms with Gasteiger partial charge in [0.25, 0.3) is 0 Å². The van der Waals surface area contributed by atoms with Crippen molar-refractivity contribution in [3.63, 3.8) is 0 Å². The summed E-state index contributed by atoms with van der Waals surface area (Å²) in [5.74, 6) is 0. The number of nitriles is 1. The Morgan fingerprint density at radius 2 is 0.698 bits per heavy atom. The minimum absolute atomic E-state index is 0.331. The van der Waals surface area contributed by atoms with Crippen LogP contribution in [0.25, 0.3) is 167 Å². The summed E-state index contributed by atoms with van der Waals surface area (Å²) < 4.78 is 9.30. The van der Waals surface area contributed by atoms with Crippen molar-refractivity contribution in [2.24, 2.45) is 0 Å². The molecule has 17 rings (SSSR count). The predicted molar refractivity (Wildman–Crippen MR) is 360 cm³/mol. The van der Waals surface area contributed by atoms with Crippen LogP contribution in [0.3, 0.4) is 0 Å². The van der Waals surface area contributed by atoms with E-state index in [0.717, 1.165) is 120 Å². The maximum atomic E-state index is 12.9. The molecule has 0 aliphatic heterocycles. The van der Waals surface area contributed by atoms with Crippen LogP contribution in [0.2, 0.25) is 0 Å². The number of hydrogen-bond acceptors (Lipinski definition) is 5. The van der Waals surface area contributed by atoms with Gasteiger partial charge < -0.3 is 9.13 Å². The summed E-state index contributed by atoms with van der Waals surface area (Å²) in [6.45, 7) is 10.0. The van der Waals surface area contributed by atoms with Crippen molar-refractivity contribution < 1.29 is 0 Å². The average Bonchev–Trinajstić information content (AvgIpc) is 1.54. The summed E-state index contributed by atoms with van der Waals surface area (Å²) >= 11 is 3.55. The number of fused-ring (bicyclic) bond motifs is 14. The quantitative estimate of drug-likeness (QED) is 0.142. The molecule has 0 bridgehead atoms. The van der Waals surface area contributed by atoms with Gasteiger partial charge in [-0.15, -0.1) is 22.7 Å². The van der Waals surface area contributed by atoms with Crippen molar-refractivity contribution in [3.8, 4) is 84.7 Å². The molecule has 0 unspecified atom stereocenters. The Balaban J connectivity index is 1.17.